The molecule has 0 aliphatic carbocycles. The third kappa shape index (κ3) is 5.67. The second-order valence-electron chi connectivity index (χ2n) is 6.23. The fourth-order valence-corrected chi connectivity index (χ4v) is 2.49. The zero-order valence-electron chi connectivity index (χ0n) is 15.7. The van der Waals surface area contributed by atoms with E-state index in [0.717, 1.165) is 23.5 Å². The summed E-state index contributed by atoms with van der Waals surface area (Å²) < 4.78 is 13.0. The van der Waals surface area contributed by atoms with E-state index in [9.17, 15) is 0 Å². The van der Waals surface area contributed by atoms with Crippen LogP contribution in [0.2, 0.25) is 0 Å². The van der Waals surface area contributed by atoms with Crippen LogP contribution in [-0.2, 0) is 0 Å². The number of benzene rings is 2. The van der Waals surface area contributed by atoms with Crippen molar-refractivity contribution in [3.8, 4) is 11.5 Å². The number of hydrogen-bond donors (Lipinski definition) is 0. The largest absolute Gasteiger partial charge is 0.490 e. The van der Waals surface area contributed by atoms with Crippen molar-refractivity contribution in [1.29, 1.82) is 0 Å². The van der Waals surface area contributed by atoms with Crippen LogP contribution in [0.1, 0.15) is 37.3 Å². The van der Waals surface area contributed by atoms with Crippen molar-refractivity contribution >= 4 is 6.21 Å². The summed E-state index contributed by atoms with van der Waals surface area (Å²) in [5.74, 6) is 2.24. The highest BCUT2D eigenvalue weighted by Gasteiger charge is 2.03. The summed E-state index contributed by atoms with van der Waals surface area (Å²) in [6.07, 6.45) is 5.94. The molecule has 6 heteroatoms. The molecule has 0 aliphatic heterocycles. The lowest BCUT2D eigenvalue weighted by atomic mass is 9.99. The molecule has 0 saturated carbocycles. The highest BCUT2D eigenvalue weighted by Crippen LogP contribution is 2.21. The van der Waals surface area contributed by atoms with Crippen LogP contribution in [0.3, 0.4) is 0 Å². The van der Waals surface area contributed by atoms with Gasteiger partial charge in [-0.3, -0.25) is 0 Å². The molecule has 0 amide bonds. The van der Waals surface area contributed by atoms with Gasteiger partial charge in [-0.15, -0.1) is 10.2 Å². The van der Waals surface area contributed by atoms with Gasteiger partial charge in [0, 0.05) is 0 Å². The summed E-state index contributed by atoms with van der Waals surface area (Å²) in [7, 11) is 0. The third-order valence-electron chi connectivity index (χ3n) is 4.31. The molecule has 3 aromatic rings. The van der Waals surface area contributed by atoms with Crippen LogP contribution >= 0.6 is 0 Å². The van der Waals surface area contributed by atoms with E-state index in [1.807, 2.05) is 36.4 Å². The zero-order valence-corrected chi connectivity index (χ0v) is 15.7. The van der Waals surface area contributed by atoms with Crippen LogP contribution in [0.5, 0.6) is 11.5 Å². The maximum Gasteiger partial charge on any atom is 0.141 e. The topological polar surface area (TPSA) is 61.5 Å². The second kappa shape index (κ2) is 9.52. The van der Waals surface area contributed by atoms with Crippen molar-refractivity contribution in [1.82, 2.24) is 14.9 Å². The Kier molecular flexibility index (Phi) is 6.57. The predicted molar refractivity (Wildman–Crippen MR) is 106 cm³/mol. The van der Waals surface area contributed by atoms with Crippen molar-refractivity contribution in [2.45, 2.75) is 26.2 Å². The number of nitrogens with zero attached hydrogens (tertiary/aromatic N) is 4. The Labute approximate surface area is 159 Å². The summed E-state index contributed by atoms with van der Waals surface area (Å²) in [5.41, 5.74) is 2.31. The maximum atomic E-state index is 5.74. The van der Waals surface area contributed by atoms with Crippen LogP contribution in [0.15, 0.2) is 66.3 Å². The molecular weight excluding hydrogens is 340 g/mol. The van der Waals surface area contributed by atoms with E-state index in [2.05, 4.69) is 41.3 Å². The first kappa shape index (κ1) is 18.6. The van der Waals surface area contributed by atoms with E-state index in [1.54, 1.807) is 6.21 Å². The molecule has 140 valence electrons. The molecule has 0 aliphatic rings. The SMILES string of the molecule is CC[C@H](C)c1ccc(OCCOc2ccc(/C=N\n3cnnc3)cc2)cc1. The monoisotopic (exact) mass is 364 g/mol. The fourth-order valence-electron chi connectivity index (χ4n) is 2.49. The Balaban J connectivity index is 1.41. The van der Waals surface area contributed by atoms with Gasteiger partial charge in [0.1, 0.15) is 37.4 Å². The molecule has 0 spiro atoms. The van der Waals surface area contributed by atoms with Crippen LogP contribution in [0.25, 0.3) is 0 Å². The Morgan fingerprint density at radius 2 is 1.48 bits per heavy atom. The highest BCUT2D eigenvalue weighted by atomic mass is 16.5. The maximum absolute atomic E-state index is 5.74. The van der Waals surface area contributed by atoms with Gasteiger partial charge in [0.2, 0.25) is 0 Å². The van der Waals surface area contributed by atoms with E-state index in [-0.39, 0.29) is 0 Å². The standard InChI is InChI=1S/C21H24N4O2/c1-3-17(2)19-6-10-21(11-7-19)27-13-12-26-20-8-4-18(5-9-20)14-24-25-15-22-23-16-25/h4-11,14-17H,3,12-13H2,1-2H3/b24-14-/t17-/m0/s1. The van der Waals surface area contributed by atoms with E-state index in [1.165, 1.54) is 22.9 Å². The van der Waals surface area contributed by atoms with Crippen molar-refractivity contribution in [3.05, 3.63) is 72.3 Å². The normalized spacial score (nSPS) is 12.2. The summed E-state index contributed by atoms with van der Waals surface area (Å²) >= 11 is 0. The van der Waals surface area contributed by atoms with Crippen LogP contribution in [0, 0.1) is 0 Å². The number of hydrogen-bond acceptors (Lipinski definition) is 5. The van der Waals surface area contributed by atoms with Crippen LogP contribution in [-0.4, -0.2) is 34.3 Å². The Bertz CT molecular complexity index is 828. The lowest BCUT2D eigenvalue weighted by Crippen LogP contribution is -2.09. The van der Waals surface area contributed by atoms with Gasteiger partial charge < -0.3 is 9.47 Å². The van der Waals surface area contributed by atoms with Crippen LogP contribution < -0.4 is 9.47 Å². The molecule has 0 bridgehead atoms. The number of aromatic nitrogens is 3. The molecule has 0 fully saturated rings. The zero-order chi connectivity index (χ0) is 18.9. The summed E-state index contributed by atoms with van der Waals surface area (Å²) in [6, 6.07) is 16.0. The molecule has 3 rings (SSSR count). The lowest BCUT2D eigenvalue weighted by molar-refractivity contribution is 0.217. The molecule has 0 saturated heterocycles. The van der Waals surface area contributed by atoms with E-state index < -0.39 is 0 Å². The van der Waals surface area contributed by atoms with Gasteiger partial charge in [0.05, 0.1) is 6.21 Å². The highest BCUT2D eigenvalue weighted by molar-refractivity contribution is 5.79. The summed E-state index contributed by atoms with van der Waals surface area (Å²) in [5, 5.41) is 11.6. The quantitative estimate of drug-likeness (QED) is 0.423. The van der Waals surface area contributed by atoms with Crippen molar-refractivity contribution in [3.63, 3.8) is 0 Å². The van der Waals surface area contributed by atoms with Gasteiger partial charge in [0.25, 0.3) is 0 Å². The molecule has 1 atom stereocenters. The van der Waals surface area contributed by atoms with E-state index in [0.29, 0.717) is 19.1 Å². The number of ether oxygens (including phenoxy) is 2. The molecule has 1 aromatic heterocycles. The molecule has 27 heavy (non-hydrogen) atoms. The van der Waals surface area contributed by atoms with Gasteiger partial charge in [0.15, 0.2) is 0 Å². The van der Waals surface area contributed by atoms with Gasteiger partial charge in [-0.05, 0) is 59.9 Å². The molecular formula is C21H24N4O2. The average Bonchev–Trinajstić information content (AvgIpc) is 3.24. The molecule has 1 heterocycles. The van der Waals surface area contributed by atoms with Gasteiger partial charge >= 0.3 is 0 Å². The van der Waals surface area contributed by atoms with Gasteiger partial charge in [-0.2, -0.15) is 5.10 Å². The van der Waals surface area contributed by atoms with Gasteiger partial charge in [-0.1, -0.05) is 26.0 Å². The van der Waals surface area contributed by atoms with Crippen molar-refractivity contribution < 1.29 is 9.47 Å². The second-order valence-corrected chi connectivity index (χ2v) is 6.23. The Morgan fingerprint density at radius 3 is 2.04 bits per heavy atom. The van der Waals surface area contributed by atoms with E-state index in [4.69, 9.17) is 9.47 Å². The smallest absolute Gasteiger partial charge is 0.141 e. The minimum atomic E-state index is 0.487. The first-order valence-electron chi connectivity index (χ1n) is 9.09. The Hall–Kier alpha value is -3.15. The summed E-state index contributed by atoms with van der Waals surface area (Å²) in [6.45, 7) is 5.42. The number of rotatable bonds is 9. The predicted octanol–water partition coefficient (Wildman–Crippen LogP) is 4.13. The van der Waals surface area contributed by atoms with Gasteiger partial charge in [-0.25, -0.2) is 4.68 Å². The summed E-state index contributed by atoms with van der Waals surface area (Å²) in [4.78, 5) is 0. The Morgan fingerprint density at radius 1 is 0.926 bits per heavy atom. The van der Waals surface area contributed by atoms with Crippen molar-refractivity contribution in [2.24, 2.45) is 5.10 Å². The molecule has 0 N–H and O–H groups in total. The molecule has 6 nitrogen and oxygen atoms in total. The molecule has 0 unspecified atom stereocenters. The fraction of sp³-hybridized carbons (Fsp3) is 0.286. The lowest BCUT2D eigenvalue weighted by Gasteiger charge is -2.11. The molecule has 0 radical (unpaired) electrons. The van der Waals surface area contributed by atoms with Crippen molar-refractivity contribution in [2.75, 3.05) is 13.2 Å². The van der Waals surface area contributed by atoms with E-state index >= 15 is 0 Å². The van der Waals surface area contributed by atoms with Crippen LogP contribution in [0.4, 0.5) is 0 Å². The molecule has 2 aromatic carbocycles. The minimum Gasteiger partial charge on any atom is -0.490 e. The minimum absolute atomic E-state index is 0.487. The third-order valence-corrected chi connectivity index (χ3v) is 4.31. The average molecular weight is 364 g/mol. The first-order chi connectivity index (χ1) is 13.2. The first-order valence-corrected chi connectivity index (χ1v) is 9.09.